The van der Waals surface area contributed by atoms with Crippen molar-refractivity contribution in [2.45, 2.75) is 25.9 Å². The zero-order chi connectivity index (χ0) is 23.8. The quantitative estimate of drug-likeness (QED) is 0.176. The molecule has 9 heteroatoms. The van der Waals surface area contributed by atoms with Crippen molar-refractivity contribution in [2.75, 3.05) is 6.54 Å². The maximum Gasteiger partial charge on any atom is 0.295 e. The van der Waals surface area contributed by atoms with Crippen LogP contribution in [0.4, 0.5) is 0 Å². The molecule has 2 N–H and O–H groups in total. The Labute approximate surface area is 204 Å². The number of aromatic nitrogens is 4. The van der Waals surface area contributed by atoms with Crippen LogP contribution in [-0.4, -0.2) is 42.6 Å². The Kier molecular flexibility index (Phi) is 5.79. The minimum Gasteiger partial charge on any atom is -0.505 e. The molecule has 34 heavy (non-hydrogen) atoms. The Balaban J connectivity index is 1.61. The summed E-state index contributed by atoms with van der Waals surface area (Å²) in [4.78, 5) is 35.5. The second kappa shape index (κ2) is 8.90. The van der Waals surface area contributed by atoms with E-state index in [-0.39, 0.29) is 11.3 Å². The van der Waals surface area contributed by atoms with Crippen LogP contribution in [0.5, 0.6) is 0 Å². The molecule has 5 rings (SSSR count). The van der Waals surface area contributed by atoms with Gasteiger partial charge in [-0.15, -0.1) is 0 Å². The van der Waals surface area contributed by atoms with E-state index in [4.69, 9.17) is 0 Å². The second-order valence-electron chi connectivity index (χ2n) is 8.23. The lowest BCUT2D eigenvalue weighted by molar-refractivity contribution is -0.695. The molecule has 1 unspecified atom stereocenters. The van der Waals surface area contributed by atoms with Crippen molar-refractivity contribution in [1.82, 2.24) is 19.3 Å². The number of benzene rings is 1. The predicted molar refractivity (Wildman–Crippen MR) is 129 cm³/mol. The first-order valence-corrected chi connectivity index (χ1v) is 11.7. The summed E-state index contributed by atoms with van der Waals surface area (Å²) in [5, 5.41) is 11.5. The number of aliphatic hydroxyl groups is 1. The molecule has 3 aromatic heterocycles. The van der Waals surface area contributed by atoms with Gasteiger partial charge in [-0.1, -0.05) is 34.1 Å². The maximum absolute atomic E-state index is 13.3. The summed E-state index contributed by atoms with van der Waals surface area (Å²) >= 11 is 3.49. The first-order valence-electron chi connectivity index (χ1n) is 11.0. The molecule has 0 spiro atoms. The molecule has 8 nitrogen and oxygen atoms in total. The van der Waals surface area contributed by atoms with E-state index in [0.717, 1.165) is 10.0 Å². The van der Waals surface area contributed by atoms with Crippen molar-refractivity contribution in [2.24, 2.45) is 0 Å². The number of carbonyl (C=O) groups is 2. The molecule has 1 aromatic carbocycles. The molecule has 1 aliphatic rings. The van der Waals surface area contributed by atoms with Gasteiger partial charge in [-0.25, -0.2) is 9.55 Å². The number of hydrogen-bond donors (Lipinski definition) is 2. The van der Waals surface area contributed by atoms with Crippen LogP contribution in [0.25, 0.3) is 11.4 Å². The fourth-order valence-corrected chi connectivity index (χ4v) is 4.96. The highest BCUT2D eigenvalue weighted by atomic mass is 79.9. The number of Topliss-reactive ketones (excluding diaryl/α,β-unsaturated/α-hetero) is 1. The summed E-state index contributed by atoms with van der Waals surface area (Å²) in [7, 11) is 0. The van der Waals surface area contributed by atoms with Crippen LogP contribution in [0.15, 0.2) is 77.4 Å². The first-order chi connectivity index (χ1) is 16.5. The number of hydrogen-bond acceptors (Lipinski definition) is 4. The van der Waals surface area contributed by atoms with E-state index >= 15 is 0 Å². The standard InChI is InChI=1S/C25H22BrN5O3/c1-16-21(30-11-3-2-8-19(30)28-16)23(32)20-22(17-6-4-7-18(26)14-17)31(25(34)24(20)33)12-5-10-29-13-9-27-15-29/h2-4,6-9,11,13-15,22H,5,10,12H2,1H3,(H,32,33)/p+1. The summed E-state index contributed by atoms with van der Waals surface area (Å²) in [6.45, 7) is 2.83. The van der Waals surface area contributed by atoms with Crippen LogP contribution in [0.1, 0.15) is 29.4 Å². The highest BCUT2D eigenvalue weighted by molar-refractivity contribution is 9.10. The van der Waals surface area contributed by atoms with E-state index in [0.29, 0.717) is 36.5 Å². The fraction of sp³-hybridized carbons (Fsp3) is 0.200. The van der Waals surface area contributed by atoms with Gasteiger partial charge in [0, 0.05) is 23.6 Å². The number of amides is 1. The first kappa shape index (κ1) is 22.1. The highest BCUT2D eigenvalue weighted by Gasteiger charge is 2.46. The number of aromatic amines is 1. The van der Waals surface area contributed by atoms with E-state index in [9.17, 15) is 14.7 Å². The SMILES string of the molecule is Cc1nc2ccccn2c1C(O)=C1C(=O)C(=O)N(CCC[n+]2cc[nH]c2)C1c1cccc(Br)c1. The van der Waals surface area contributed by atoms with E-state index in [1.165, 1.54) is 0 Å². The normalized spacial score (nSPS) is 17.7. The van der Waals surface area contributed by atoms with Crippen LogP contribution in [0.2, 0.25) is 0 Å². The van der Waals surface area contributed by atoms with Crippen molar-refractivity contribution >= 4 is 39.0 Å². The van der Waals surface area contributed by atoms with Gasteiger partial charge in [0.25, 0.3) is 11.7 Å². The lowest BCUT2D eigenvalue weighted by Gasteiger charge is -2.25. The molecule has 1 amide bonds. The topological polar surface area (TPSA) is 94.6 Å². The van der Waals surface area contributed by atoms with E-state index in [2.05, 4.69) is 25.9 Å². The molecule has 1 fully saturated rings. The number of aliphatic hydroxyl groups excluding tert-OH is 1. The number of halogens is 1. The summed E-state index contributed by atoms with van der Waals surface area (Å²) in [5.74, 6) is -1.53. The van der Waals surface area contributed by atoms with Crippen molar-refractivity contribution < 1.29 is 19.3 Å². The summed E-state index contributed by atoms with van der Waals surface area (Å²) in [6.07, 6.45) is 8.00. The molecule has 1 saturated heterocycles. The van der Waals surface area contributed by atoms with Crippen LogP contribution in [0, 0.1) is 6.92 Å². The third kappa shape index (κ3) is 3.81. The maximum atomic E-state index is 13.3. The molecule has 1 atom stereocenters. The van der Waals surface area contributed by atoms with Crippen molar-refractivity contribution in [3.05, 3.63) is 94.4 Å². The number of fused-ring (bicyclic) bond motifs is 1. The Morgan fingerprint density at radius 2 is 2.09 bits per heavy atom. The van der Waals surface area contributed by atoms with Crippen LogP contribution >= 0.6 is 15.9 Å². The third-order valence-electron chi connectivity index (χ3n) is 6.05. The number of ketones is 1. The molecule has 0 aliphatic carbocycles. The van der Waals surface area contributed by atoms with Gasteiger partial charge in [0.05, 0.1) is 23.9 Å². The van der Waals surface area contributed by atoms with Gasteiger partial charge in [-0.05, 0) is 36.8 Å². The molecule has 4 heterocycles. The molecule has 0 bridgehead atoms. The van der Waals surface area contributed by atoms with Crippen LogP contribution in [-0.2, 0) is 16.1 Å². The summed E-state index contributed by atoms with van der Waals surface area (Å²) < 4.78 is 4.54. The minimum absolute atomic E-state index is 0.0751. The number of nitrogens with one attached hydrogen (secondary N) is 1. The average molecular weight is 521 g/mol. The molecule has 0 saturated carbocycles. The van der Waals surface area contributed by atoms with Crippen molar-refractivity contribution in [3.8, 4) is 0 Å². The molecular weight excluding hydrogens is 498 g/mol. The largest absolute Gasteiger partial charge is 0.505 e. The molecular formula is C25H23BrN5O3+. The number of nitrogens with zero attached hydrogens (tertiary/aromatic N) is 4. The molecule has 1 aliphatic heterocycles. The lowest BCUT2D eigenvalue weighted by atomic mass is 9.96. The number of aryl methyl sites for hydroxylation is 2. The van der Waals surface area contributed by atoms with Gasteiger partial charge in [-0.3, -0.25) is 19.0 Å². The zero-order valence-electron chi connectivity index (χ0n) is 18.5. The van der Waals surface area contributed by atoms with Crippen LogP contribution in [0.3, 0.4) is 0 Å². The van der Waals surface area contributed by atoms with Gasteiger partial charge in [0.1, 0.15) is 23.7 Å². The monoisotopic (exact) mass is 520 g/mol. The Hall–Kier alpha value is -3.72. The van der Waals surface area contributed by atoms with E-state index < -0.39 is 17.7 Å². The number of imidazole rings is 2. The number of likely N-dealkylation sites (tertiary alicyclic amines) is 1. The predicted octanol–water partition coefficient (Wildman–Crippen LogP) is 3.53. The summed E-state index contributed by atoms with van der Waals surface area (Å²) in [5.41, 5.74) is 2.46. The number of H-pyrrole nitrogens is 1. The molecule has 4 aromatic rings. The van der Waals surface area contributed by atoms with Crippen molar-refractivity contribution in [1.29, 1.82) is 0 Å². The van der Waals surface area contributed by atoms with Crippen molar-refractivity contribution in [3.63, 3.8) is 0 Å². The van der Waals surface area contributed by atoms with Gasteiger partial charge in [0.15, 0.2) is 5.76 Å². The van der Waals surface area contributed by atoms with Gasteiger partial charge in [-0.2, -0.15) is 0 Å². The highest BCUT2D eigenvalue weighted by Crippen LogP contribution is 2.40. The van der Waals surface area contributed by atoms with E-state index in [1.807, 2.05) is 65.8 Å². The van der Waals surface area contributed by atoms with Gasteiger partial charge < -0.3 is 10.0 Å². The Morgan fingerprint density at radius 1 is 1.24 bits per heavy atom. The Bertz CT molecular complexity index is 1420. The lowest BCUT2D eigenvalue weighted by Crippen LogP contribution is -2.36. The summed E-state index contributed by atoms with van der Waals surface area (Å²) in [6, 6.07) is 12.3. The number of pyridine rings is 1. The molecule has 172 valence electrons. The number of rotatable bonds is 6. The Morgan fingerprint density at radius 3 is 2.85 bits per heavy atom. The van der Waals surface area contributed by atoms with Gasteiger partial charge >= 0.3 is 0 Å². The second-order valence-corrected chi connectivity index (χ2v) is 9.14. The zero-order valence-corrected chi connectivity index (χ0v) is 20.1. The minimum atomic E-state index is -0.706. The average Bonchev–Trinajstić information content (AvgIpc) is 3.51. The fourth-order valence-electron chi connectivity index (χ4n) is 4.54. The number of carbonyl (C=O) groups excluding carboxylic acids is 2. The molecule has 0 radical (unpaired) electrons. The van der Waals surface area contributed by atoms with Gasteiger partial charge in [0.2, 0.25) is 6.33 Å². The van der Waals surface area contributed by atoms with Crippen LogP contribution < -0.4 is 4.57 Å². The smallest absolute Gasteiger partial charge is 0.295 e. The van der Waals surface area contributed by atoms with E-state index in [1.54, 1.807) is 22.4 Å². The third-order valence-corrected chi connectivity index (χ3v) is 6.54.